The van der Waals surface area contributed by atoms with E-state index in [1.807, 2.05) is 0 Å². The highest BCUT2D eigenvalue weighted by Crippen LogP contribution is 1.90. The molecule has 10 N–H and O–H groups in total. The molecule has 0 saturated carbocycles. The number of aliphatic carboxylic acids is 4. The smallest absolute Gasteiger partial charge is 0.317 e. The zero-order valence-electron chi connectivity index (χ0n) is 19.1. The number of carboxylic acid groups (broad SMARTS) is 4. The first-order valence-corrected chi connectivity index (χ1v) is 10.1. The fourth-order valence-electron chi connectivity index (χ4n) is 1.95. The first-order valence-electron chi connectivity index (χ1n) is 10.1. The van der Waals surface area contributed by atoms with Crippen molar-refractivity contribution in [3.8, 4) is 0 Å². The van der Waals surface area contributed by atoms with Crippen LogP contribution in [0.4, 0.5) is 0 Å². The third-order valence-electron chi connectivity index (χ3n) is 3.16. The van der Waals surface area contributed by atoms with Gasteiger partial charge in [0.2, 0.25) is 0 Å². The van der Waals surface area contributed by atoms with Crippen molar-refractivity contribution < 1.29 is 59.3 Å². The van der Waals surface area contributed by atoms with Gasteiger partial charge in [-0.15, -0.1) is 0 Å². The summed E-state index contributed by atoms with van der Waals surface area (Å²) in [6, 6.07) is 0. The molecule has 0 amide bonds. The van der Waals surface area contributed by atoms with Crippen molar-refractivity contribution >= 4 is 23.9 Å². The molecule has 0 aromatic carbocycles. The summed E-state index contributed by atoms with van der Waals surface area (Å²) in [7, 11) is 0. The summed E-state index contributed by atoms with van der Waals surface area (Å²) >= 11 is 0. The van der Waals surface area contributed by atoms with Crippen LogP contribution in [0.5, 0.6) is 0 Å². The Morgan fingerprint density at radius 2 is 0.824 bits per heavy atom. The van der Waals surface area contributed by atoms with Gasteiger partial charge in [-0.05, 0) is 0 Å². The van der Waals surface area contributed by atoms with Crippen LogP contribution in [0.3, 0.4) is 0 Å². The lowest BCUT2D eigenvalue weighted by atomic mass is 10.4. The number of carboxylic acids is 4. The lowest BCUT2D eigenvalue weighted by Gasteiger charge is -2.17. The highest BCUT2D eigenvalue weighted by atomic mass is 16.5. The molecule has 0 rings (SSSR count). The lowest BCUT2D eigenvalue weighted by molar-refractivity contribution is -0.144. The SMILES string of the molecule is NCCOCCN(CC(=O)O)CC(=O)O.NCCOCCN(CC(=O)O)CC(=O)O.OCCO. The van der Waals surface area contributed by atoms with Crippen LogP contribution >= 0.6 is 0 Å². The van der Waals surface area contributed by atoms with Gasteiger partial charge < -0.3 is 51.6 Å². The fourth-order valence-corrected chi connectivity index (χ4v) is 1.95. The molecule has 0 heterocycles. The second-order valence-electron chi connectivity index (χ2n) is 6.25. The predicted molar refractivity (Wildman–Crippen MR) is 117 cm³/mol. The Bertz CT molecular complexity index is 461. The number of rotatable bonds is 19. The predicted octanol–water partition coefficient (Wildman–Crippen LogP) is -4.16. The maximum Gasteiger partial charge on any atom is 0.317 e. The molecule has 0 aromatic heterocycles. The number of nitrogens with zero attached hydrogens (tertiary/aromatic N) is 2. The third kappa shape index (κ3) is 34.2. The molecule has 202 valence electrons. The van der Waals surface area contributed by atoms with Gasteiger partial charge in [0, 0.05) is 26.2 Å². The van der Waals surface area contributed by atoms with Crippen LogP contribution in [0.2, 0.25) is 0 Å². The quantitative estimate of drug-likeness (QED) is 0.0778. The number of aliphatic hydroxyl groups is 2. The van der Waals surface area contributed by atoms with E-state index in [9.17, 15) is 19.2 Å². The van der Waals surface area contributed by atoms with Crippen LogP contribution in [-0.2, 0) is 28.7 Å². The van der Waals surface area contributed by atoms with Gasteiger partial charge in [0.1, 0.15) is 0 Å². The van der Waals surface area contributed by atoms with Crippen molar-refractivity contribution in [3.05, 3.63) is 0 Å². The molecule has 0 aliphatic heterocycles. The van der Waals surface area contributed by atoms with Gasteiger partial charge in [0.15, 0.2) is 0 Å². The lowest BCUT2D eigenvalue weighted by Crippen LogP contribution is -2.37. The molecule has 0 fully saturated rings. The van der Waals surface area contributed by atoms with E-state index in [0.29, 0.717) is 26.3 Å². The van der Waals surface area contributed by atoms with E-state index in [1.54, 1.807) is 0 Å². The zero-order valence-corrected chi connectivity index (χ0v) is 19.1. The largest absolute Gasteiger partial charge is 0.480 e. The van der Waals surface area contributed by atoms with Crippen molar-refractivity contribution in [2.45, 2.75) is 0 Å². The highest BCUT2D eigenvalue weighted by molar-refractivity contribution is 5.73. The number of hydrogen-bond donors (Lipinski definition) is 8. The van der Waals surface area contributed by atoms with E-state index in [0.717, 1.165) is 0 Å². The summed E-state index contributed by atoms with van der Waals surface area (Å²) in [6.45, 7) is 1.14. The Morgan fingerprint density at radius 1 is 0.559 bits per heavy atom. The van der Waals surface area contributed by atoms with Crippen LogP contribution in [0.15, 0.2) is 0 Å². The molecule has 0 spiro atoms. The third-order valence-corrected chi connectivity index (χ3v) is 3.16. The Hall–Kier alpha value is -2.44. The van der Waals surface area contributed by atoms with Crippen molar-refractivity contribution in [2.75, 3.05) is 92.0 Å². The number of carbonyl (C=O) groups is 4. The Labute approximate surface area is 197 Å². The van der Waals surface area contributed by atoms with Gasteiger partial charge in [-0.1, -0.05) is 0 Å². The minimum absolute atomic E-state index is 0.125. The van der Waals surface area contributed by atoms with Gasteiger partial charge in [0.05, 0.1) is 65.8 Å². The summed E-state index contributed by atoms with van der Waals surface area (Å²) in [5, 5.41) is 49.3. The maximum absolute atomic E-state index is 10.4. The molecule has 34 heavy (non-hydrogen) atoms. The standard InChI is InChI=1S/2C8H16N2O5.C2H6O2/c2*9-1-3-15-4-2-10(5-7(11)12)6-8(13)14;3-1-2-4/h2*1-6,9H2,(H,11,12)(H,13,14);3-4H,1-2H2. The van der Waals surface area contributed by atoms with Crippen LogP contribution in [0.25, 0.3) is 0 Å². The molecular formula is C18H38N4O12. The monoisotopic (exact) mass is 502 g/mol. The molecule has 16 heteroatoms. The second-order valence-corrected chi connectivity index (χ2v) is 6.25. The highest BCUT2D eigenvalue weighted by Gasteiger charge is 2.13. The van der Waals surface area contributed by atoms with E-state index in [1.165, 1.54) is 9.80 Å². The minimum Gasteiger partial charge on any atom is -0.480 e. The van der Waals surface area contributed by atoms with Crippen molar-refractivity contribution in [1.82, 2.24) is 9.80 Å². The summed E-state index contributed by atoms with van der Waals surface area (Å²) in [5.41, 5.74) is 10.4. The van der Waals surface area contributed by atoms with E-state index in [4.69, 9.17) is 51.6 Å². The summed E-state index contributed by atoms with van der Waals surface area (Å²) in [5.74, 6) is -4.24. The van der Waals surface area contributed by atoms with Crippen molar-refractivity contribution in [1.29, 1.82) is 0 Å². The number of nitrogens with two attached hydrogens (primary N) is 2. The number of hydrogen-bond acceptors (Lipinski definition) is 12. The van der Waals surface area contributed by atoms with Gasteiger partial charge >= 0.3 is 23.9 Å². The van der Waals surface area contributed by atoms with Crippen LogP contribution in [0.1, 0.15) is 0 Å². The van der Waals surface area contributed by atoms with E-state index in [-0.39, 0.29) is 65.7 Å². The average Bonchev–Trinajstić information content (AvgIpc) is 2.73. The van der Waals surface area contributed by atoms with Crippen LogP contribution < -0.4 is 11.5 Å². The van der Waals surface area contributed by atoms with E-state index < -0.39 is 23.9 Å². The first-order chi connectivity index (χ1) is 16.0. The van der Waals surface area contributed by atoms with Crippen molar-refractivity contribution in [3.63, 3.8) is 0 Å². The van der Waals surface area contributed by atoms with Gasteiger partial charge in [-0.2, -0.15) is 0 Å². The van der Waals surface area contributed by atoms with Crippen LogP contribution in [0, 0.1) is 0 Å². The molecule has 0 aliphatic carbocycles. The maximum atomic E-state index is 10.4. The minimum atomic E-state index is -1.06. The van der Waals surface area contributed by atoms with Crippen LogP contribution in [-0.4, -0.2) is 156 Å². The fraction of sp³-hybridized carbons (Fsp3) is 0.778. The zero-order chi connectivity index (χ0) is 26.8. The van der Waals surface area contributed by atoms with E-state index >= 15 is 0 Å². The summed E-state index contributed by atoms with van der Waals surface area (Å²) in [6.07, 6.45) is 0. The number of aliphatic hydroxyl groups excluding tert-OH is 2. The van der Waals surface area contributed by atoms with Gasteiger partial charge in [0.25, 0.3) is 0 Å². The number of ether oxygens (including phenoxy) is 2. The molecular weight excluding hydrogens is 464 g/mol. The van der Waals surface area contributed by atoms with Gasteiger partial charge in [-0.25, -0.2) is 0 Å². The Morgan fingerprint density at radius 3 is 1.00 bits per heavy atom. The molecule has 0 bridgehead atoms. The summed E-state index contributed by atoms with van der Waals surface area (Å²) < 4.78 is 10.0. The molecule has 0 aliphatic rings. The molecule has 0 saturated heterocycles. The molecule has 0 aromatic rings. The molecule has 16 nitrogen and oxygen atoms in total. The normalized spacial score (nSPS) is 10.2. The molecule has 0 radical (unpaired) electrons. The topological polar surface area (TPSA) is 267 Å². The second kappa shape index (κ2) is 26.8. The summed E-state index contributed by atoms with van der Waals surface area (Å²) in [4.78, 5) is 44.1. The molecule has 0 atom stereocenters. The first kappa shape index (κ1) is 36.1. The molecule has 0 unspecified atom stereocenters. The average molecular weight is 503 g/mol. The van der Waals surface area contributed by atoms with Gasteiger partial charge in [-0.3, -0.25) is 29.0 Å². The van der Waals surface area contributed by atoms with Crippen molar-refractivity contribution in [2.24, 2.45) is 11.5 Å². The van der Waals surface area contributed by atoms with E-state index in [2.05, 4.69) is 0 Å². The Balaban J connectivity index is -0.000000488. The Kier molecular flexibility index (Phi) is 28.5.